The molecule has 176 valence electrons. The van der Waals surface area contributed by atoms with E-state index in [4.69, 9.17) is 8.61 Å². The van der Waals surface area contributed by atoms with Gasteiger partial charge in [0.05, 0.1) is 11.0 Å². The van der Waals surface area contributed by atoms with Crippen LogP contribution in [0.3, 0.4) is 0 Å². The van der Waals surface area contributed by atoms with Crippen molar-refractivity contribution in [2.24, 2.45) is 0 Å². The third-order valence-corrected chi connectivity index (χ3v) is 12.3. The molecule has 0 heterocycles. The average Bonchev–Trinajstić information content (AvgIpc) is 2.77. The van der Waals surface area contributed by atoms with E-state index >= 15 is 0 Å². The van der Waals surface area contributed by atoms with Gasteiger partial charge in [0, 0.05) is 6.61 Å². The van der Waals surface area contributed by atoms with E-state index in [0.29, 0.717) is 13.0 Å². The number of hydrogen-bond donors (Lipinski definition) is 0. The van der Waals surface area contributed by atoms with E-state index in [0.717, 1.165) is 5.56 Å². The van der Waals surface area contributed by atoms with Crippen LogP contribution in [0.1, 0.15) is 39.7 Å². The Morgan fingerprint density at radius 3 is 1.76 bits per heavy atom. The fourth-order valence-corrected chi connectivity index (χ4v) is 9.85. The number of aryl methyl sites for hydroxylation is 1. The van der Waals surface area contributed by atoms with Crippen molar-refractivity contribution in [3.8, 4) is 0 Å². The summed E-state index contributed by atoms with van der Waals surface area (Å²) < 4.78 is 37.6. The topological polar surface area (TPSA) is 52.6 Å². The molecule has 1 atom stereocenters. The molecule has 0 saturated carbocycles. The monoisotopic (exact) mass is 482 g/mol. The first-order valence-corrected chi connectivity index (χ1v) is 14.6. The van der Waals surface area contributed by atoms with E-state index in [-0.39, 0.29) is 9.93 Å². The summed E-state index contributed by atoms with van der Waals surface area (Å²) in [6.07, 6.45) is -0.0372. The van der Waals surface area contributed by atoms with E-state index in [9.17, 15) is 8.42 Å². The highest BCUT2D eigenvalue weighted by Gasteiger charge is 2.50. The van der Waals surface area contributed by atoms with E-state index in [1.165, 1.54) is 10.4 Å². The number of rotatable bonds is 9. The maximum atomic E-state index is 12.7. The molecule has 3 aromatic carbocycles. The SMILES string of the molecule is Cc1ccc(S(=O)(=O)O[C@H](C)CCO[Si](c2ccccc2)(c2ccccc2)C(C)(C)C)cc1. The van der Waals surface area contributed by atoms with E-state index in [2.05, 4.69) is 69.3 Å². The first kappa shape index (κ1) is 25.4. The quantitative estimate of drug-likeness (QED) is 0.316. The average molecular weight is 483 g/mol. The van der Waals surface area contributed by atoms with Gasteiger partial charge in [-0.3, -0.25) is 4.18 Å². The lowest BCUT2D eigenvalue weighted by Gasteiger charge is -2.43. The Bertz CT molecular complexity index is 1080. The molecule has 6 heteroatoms. The van der Waals surface area contributed by atoms with Crippen LogP contribution in [0.5, 0.6) is 0 Å². The Hall–Kier alpha value is -2.25. The Morgan fingerprint density at radius 2 is 1.30 bits per heavy atom. The van der Waals surface area contributed by atoms with Crippen LogP contribution in [0.15, 0.2) is 89.8 Å². The number of benzene rings is 3. The molecule has 0 radical (unpaired) electrons. The molecule has 0 aliphatic heterocycles. The predicted molar refractivity (Wildman–Crippen MR) is 137 cm³/mol. The second-order valence-electron chi connectivity index (χ2n) is 9.47. The molecule has 0 saturated heterocycles. The summed E-state index contributed by atoms with van der Waals surface area (Å²) in [5, 5.41) is 2.27. The molecule has 0 amide bonds. The molecule has 0 spiro atoms. The molecule has 4 nitrogen and oxygen atoms in total. The molecule has 0 aliphatic rings. The maximum Gasteiger partial charge on any atom is 0.297 e. The third kappa shape index (κ3) is 5.82. The first-order chi connectivity index (χ1) is 15.6. The summed E-state index contributed by atoms with van der Waals surface area (Å²) in [5.74, 6) is 0. The summed E-state index contributed by atoms with van der Waals surface area (Å²) in [6, 6.07) is 27.5. The minimum atomic E-state index is -3.82. The minimum absolute atomic E-state index is 0.131. The van der Waals surface area contributed by atoms with Crippen molar-refractivity contribution in [2.75, 3.05) is 6.61 Å². The first-order valence-electron chi connectivity index (χ1n) is 11.3. The molecule has 0 bridgehead atoms. The van der Waals surface area contributed by atoms with Crippen molar-refractivity contribution in [3.05, 3.63) is 90.5 Å². The lowest BCUT2D eigenvalue weighted by Crippen LogP contribution is -2.66. The molecule has 0 aliphatic carbocycles. The van der Waals surface area contributed by atoms with Crippen molar-refractivity contribution in [1.82, 2.24) is 0 Å². The summed E-state index contributed by atoms with van der Waals surface area (Å²) in [5.41, 5.74) is 1.00. The van der Waals surface area contributed by atoms with Gasteiger partial charge in [-0.2, -0.15) is 8.42 Å². The van der Waals surface area contributed by atoms with Crippen LogP contribution >= 0.6 is 0 Å². The van der Waals surface area contributed by atoms with Crippen LogP contribution in [-0.2, 0) is 18.7 Å². The van der Waals surface area contributed by atoms with Crippen LogP contribution < -0.4 is 10.4 Å². The fourth-order valence-electron chi connectivity index (χ4n) is 4.16. The highest BCUT2D eigenvalue weighted by atomic mass is 32.2. The van der Waals surface area contributed by atoms with Gasteiger partial charge in [0.15, 0.2) is 0 Å². The summed E-state index contributed by atoms with van der Waals surface area (Å²) in [7, 11) is -6.47. The van der Waals surface area contributed by atoms with Crippen molar-refractivity contribution < 1.29 is 17.0 Å². The van der Waals surface area contributed by atoms with Crippen LogP contribution in [0.2, 0.25) is 5.04 Å². The molecule has 3 rings (SSSR count). The van der Waals surface area contributed by atoms with Crippen LogP contribution in [0, 0.1) is 6.92 Å². The Kier molecular flexibility index (Phi) is 7.95. The predicted octanol–water partition coefficient (Wildman–Crippen LogP) is 5.06. The molecule has 33 heavy (non-hydrogen) atoms. The minimum Gasteiger partial charge on any atom is -0.407 e. The third-order valence-electron chi connectivity index (χ3n) is 5.86. The number of hydrogen-bond acceptors (Lipinski definition) is 4. The Balaban J connectivity index is 1.81. The normalized spacial score (nSPS) is 13.6. The van der Waals surface area contributed by atoms with Crippen LogP contribution in [0.4, 0.5) is 0 Å². The maximum absolute atomic E-state index is 12.7. The summed E-state index contributed by atoms with van der Waals surface area (Å²) >= 11 is 0. The lowest BCUT2D eigenvalue weighted by atomic mass is 10.2. The van der Waals surface area contributed by atoms with Gasteiger partial charge >= 0.3 is 0 Å². The largest absolute Gasteiger partial charge is 0.407 e. The smallest absolute Gasteiger partial charge is 0.297 e. The molecule has 0 fully saturated rings. The van der Waals surface area contributed by atoms with Gasteiger partial charge in [-0.25, -0.2) is 0 Å². The second-order valence-corrected chi connectivity index (χ2v) is 15.4. The van der Waals surface area contributed by atoms with Crippen molar-refractivity contribution >= 4 is 28.8 Å². The standard InChI is InChI=1S/C27H34O4SSi/c1-22-16-18-24(19-17-22)32(28,29)31-23(2)20-21-30-33(27(3,4)5,25-12-8-6-9-13-25)26-14-10-7-11-15-26/h6-19,23H,20-21H2,1-5H3/t23-/m1/s1. The van der Waals surface area contributed by atoms with E-state index in [1.807, 2.05) is 19.1 Å². The van der Waals surface area contributed by atoms with Gasteiger partial charge in [-0.15, -0.1) is 0 Å². The van der Waals surface area contributed by atoms with Crippen molar-refractivity contribution in [1.29, 1.82) is 0 Å². The zero-order valence-corrected chi connectivity index (χ0v) is 21.9. The molecular weight excluding hydrogens is 448 g/mol. The Morgan fingerprint density at radius 1 is 0.818 bits per heavy atom. The molecule has 0 aromatic heterocycles. The van der Waals surface area contributed by atoms with Gasteiger partial charge in [0.1, 0.15) is 0 Å². The van der Waals surface area contributed by atoms with Gasteiger partial charge in [0.2, 0.25) is 0 Å². The van der Waals surface area contributed by atoms with Gasteiger partial charge < -0.3 is 4.43 Å². The van der Waals surface area contributed by atoms with Crippen molar-refractivity contribution in [3.63, 3.8) is 0 Å². The second kappa shape index (κ2) is 10.3. The lowest BCUT2D eigenvalue weighted by molar-refractivity contribution is 0.178. The zero-order chi connectivity index (χ0) is 24.1. The van der Waals surface area contributed by atoms with Gasteiger partial charge in [-0.05, 0) is 47.8 Å². The van der Waals surface area contributed by atoms with E-state index in [1.54, 1.807) is 31.2 Å². The molecule has 3 aromatic rings. The highest BCUT2D eigenvalue weighted by Crippen LogP contribution is 2.36. The summed E-state index contributed by atoms with van der Waals surface area (Å²) in [6.45, 7) is 10.8. The van der Waals surface area contributed by atoms with Crippen molar-refractivity contribution in [2.45, 2.75) is 57.1 Å². The van der Waals surface area contributed by atoms with Crippen LogP contribution in [0.25, 0.3) is 0 Å². The highest BCUT2D eigenvalue weighted by molar-refractivity contribution is 7.86. The molecule has 0 unspecified atom stereocenters. The summed E-state index contributed by atoms with van der Waals surface area (Å²) in [4.78, 5) is 0.174. The van der Waals surface area contributed by atoms with Crippen LogP contribution in [-0.4, -0.2) is 29.4 Å². The Labute approximate surface area is 199 Å². The molecule has 0 N–H and O–H groups in total. The fraction of sp³-hybridized carbons (Fsp3) is 0.333. The zero-order valence-electron chi connectivity index (χ0n) is 20.1. The van der Waals surface area contributed by atoms with Gasteiger partial charge in [0.25, 0.3) is 18.4 Å². The van der Waals surface area contributed by atoms with Gasteiger partial charge in [-0.1, -0.05) is 99.1 Å². The molecular formula is C27H34O4SSi. The van der Waals surface area contributed by atoms with E-state index < -0.39 is 24.5 Å².